The lowest BCUT2D eigenvalue weighted by Gasteiger charge is -2.39. The van der Waals surface area contributed by atoms with Crippen molar-refractivity contribution in [3.8, 4) is 0 Å². The Labute approximate surface area is 108 Å². The molecule has 2 N–H and O–H groups in total. The molecule has 0 aromatic carbocycles. The van der Waals surface area contributed by atoms with Gasteiger partial charge in [0.25, 0.3) is 0 Å². The number of nitrogens with one attached hydrogen (secondary N) is 2. The van der Waals surface area contributed by atoms with Crippen LogP contribution in [0.5, 0.6) is 0 Å². The molecule has 5 heteroatoms. The van der Waals surface area contributed by atoms with E-state index in [-0.39, 0.29) is 22.9 Å². The van der Waals surface area contributed by atoms with Crippen molar-refractivity contribution in [2.45, 2.75) is 45.6 Å². The third-order valence-corrected chi connectivity index (χ3v) is 3.79. The van der Waals surface area contributed by atoms with E-state index in [2.05, 4.69) is 10.6 Å². The molecule has 0 saturated carbocycles. The molecule has 18 heavy (non-hydrogen) atoms. The number of hydrogen-bond acceptors (Lipinski definition) is 2. The van der Waals surface area contributed by atoms with Crippen LogP contribution in [0.4, 0.5) is 4.79 Å². The quantitative estimate of drug-likeness (QED) is 0.679. The number of urea groups is 1. The Bertz CT molecular complexity index is 352. The van der Waals surface area contributed by atoms with E-state index in [1.807, 2.05) is 25.7 Å². The molecule has 2 fully saturated rings. The van der Waals surface area contributed by atoms with Crippen molar-refractivity contribution >= 4 is 11.9 Å². The number of carbonyl (C=O) groups is 2. The summed E-state index contributed by atoms with van der Waals surface area (Å²) in [5.74, 6) is 0.155. The highest BCUT2D eigenvalue weighted by Crippen LogP contribution is 2.37. The van der Waals surface area contributed by atoms with E-state index in [0.29, 0.717) is 6.42 Å². The lowest BCUT2D eigenvalue weighted by Crippen LogP contribution is -2.52. The summed E-state index contributed by atoms with van der Waals surface area (Å²) in [6.07, 6.45) is 2.47. The van der Waals surface area contributed by atoms with Gasteiger partial charge in [0, 0.05) is 31.6 Å². The molecule has 0 aromatic heterocycles. The van der Waals surface area contributed by atoms with E-state index in [1.54, 1.807) is 0 Å². The molecule has 0 bridgehead atoms. The van der Waals surface area contributed by atoms with Crippen molar-refractivity contribution in [1.29, 1.82) is 0 Å². The Morgan fingerprint density at radius 2 is 1.94 bits per heavy atom. The number of rotatable bonds is 0. The molecule has 0 aliphatic carbocycles. The first-order valence-corrected chi connectivity index (χ1v) is 6.64. The van der Waals surface area contributed by atoms with E-state index in [4.69, 9.17) is 0 Å². The number of nitrogens with zero attached hydrogens (tertiary/aromatic N) is 1. The van der Waals surface area contributed by atoms with Gasteiger partial charge in [0.15, 0.2) is 0 Å². The number of likely N-dealkylation sites (tertiary alicyclic amines) is 1. The van der Waals surface area contributed by atoms with Crippen LogP contribution in [0.3, 0.4) is 0 Å². The molecule has 0 unspecified atom stereocenters. The van der Waals surface area contributed by atoms with Crippen molar-refractivity contribution in [3.63, 3.8) is 0 Å². The zero-order valence-corrected chi connectivity index (χ0v) is 11.5. The highest BCUT2D eigenvalue weighted by atomic mass is 16.2. The van der Waals surface area contributed by atoms with Gasteiger partial charge in [0.05, 0.1) is 0 Å². The van der Waals surface area contributed by atoms with Gasteiger partial charge >= 0.3 is 6.03 Å². The van der Waals surface area contributed by atoms with E-state index in [1.165, 1.54) is 0 Å². The number of hydrogen-bond donors (Lipinski definition) is 2. The fourth-order valence-electron chi connectivity index (χ4n) is 2.69. The van der Waals surface area contributed by atoms with Crippen molar-refractivity contribution < 1.29 is 9.59 Å². The maximum Gasteiger partial charge on any atom is 0.317 e. The van der Waals surface area contributed by atoms with Crippen LogP contribution < -0.4 is 10.6 Å². The lowest BCUT2D eigenvalue weighted by atomic mass is 9.78. The van der Waals surface area contributed by atoms with Crippen LogP contribution in [0, 0.1) is 5.41 Å². The molecule has 3 amide bonds. The smallest absolute Gasteiger partial charge is 0.317 e. The van der Waals surface area contributed by atoms with Crippen LogP contribution in [0.2, 0.25) is 0 Å². The van der Waals surface area contributed by atoms with E-state index in [9.17, 15) is 9.59 Å². The predicted octanol–water partition coefficient (Wildman–Crippen LogP) is 1.10. The molecule has 2 aliphatic heterocycles. The minimum absolute atomic E-state index is 0.00892. The second-order valence-corrected chi connectivity index (χ2v) is 6.62. The monoisotopic (exact) mass is 253 g/mol. The van der Waals surface area contributed by atoms with Crippen molar-refractivity contribution in [2.75, 3.05) is 19.6 Å². The summed E-state index contributed by atoms with van der Waals surface area (Å²) in [6.45, 7) is 8.22. The van der Waals surface area contributed by atoms with Crippen LogP contribution in [-0.4, -0.2) is 42.0 Å². The third-order valence-electron chi connectivity index (χ3n) is 3.79. The highest BCUT2D eigenvalue weighted by Gasteiger charge is 2.41. The first kappa shape index (κ1) is 13.2. The number of amides is 3. The van der Waals surface area contributed by atoms with Gasteiger partial charge < -0.3 is 15.5 Å². The zero-order chi connectivity index (χ0) is 13.4. The molecule has 102 valence electrons. The summed E-state index contributed by atoms with van der Waals surface area (Å²) < 4.78 is 0. The molecule has 0 atom stereocenters. The van der Waals surface area contributed by atoms with Crippen LogP contribution in [0.15, 0.2) is 0 Å². The minimum atomic E-state index is -0.197. The van der Waals surface area contributed by atoms with Gasteiger partial charge in [-0.2, -0.15) is 0 Å². The van der Waals surface area contributed by atoms with E-state index in [0.717, 1.165) is 32.5 Å². The van der Waals surface area contributed by atoms with E-state index >= 15 is 0 Å². The van der Waals surface area contributed by atoms with E-state index < -0.39 is 0 Å². The Hall–Kier alpha value is -1.26. The van der Waals surface area contributed by atoms with Gasteiger partial charge in [-0.1, -0.05) is 0 Å². The summed E-state index contributed by atoms with van der Waals surface area (Å²) in [5, 5.41) is 5.89. The second-order valence-electron chi connectivity index (χ2n) is 6.62. The first-order chi connectivity index (χ1) is 8.30. The average molecular weight is 253 g/mol. The van der Waals surface area contributed by atoms with Gasteiger partial charge in [-0.25, -0.2) is 4.79 Å². The van der Waals surface area contributed by atoms with Crippen LogP contribution in [0.1, 0.15) is 40.0 Å². The molecule has 2 aliphatic rings. The summed E-state index contributed by atoms with van der Waals surface area (Å²) in [4.78, 5) is 25.2. The Morgan fingerprint density at radius 1 is 1.33 bits per heavy atom. The SMILES string of the molecule is CC(C)(C)NC(=O)N1CCC2(CC1)CNC(=O)C2. The first-order valence-electron chi connectivity index (χ1n) is 6.64. The second kappa shape index (κ2) is 4.44. The fourth-order valence-corrected chi connectivity index (χ4v) is 2.69. The Balaban J connectivity index is 1.87. The number of carbonyl (C=O) groups excluding carboxylic acids is 2. The summed E-state index contributed by atoms with van der Waals surface area (Å²) in [7, 11) is 0. The normalized spacial score (nSPS) is 23.1. The molecule has 5 nitrogen and oxygen atoms in total. The van der Waals surface area contributed by atoms with Crippen LogP contribution in [-0.2, 0) is 4.79 Å². The molecule has 2 heterocycles. The van der Waals surface area contributed by atoms with Gasteiger partial charge in [-0.05, 0) is 39.0 Å². The summed E-state index contributed by atoms with van der Waals surface area (Å²) in [5.41, 5.74) is -0.0906. The lowest BCUT2D eigenvalue weighted by molar-refractivity contribution is -0.119. The topological polar surface area (TPSA) is 61.4 Å². The summed E-state index contributed by atoms with van der Waals surface area (Å²) in [6, 6.07) is 0.00892. The Kier molecular flexibility index (Phi) is 3.25. The zero-order valence-electron chi connectivity index (χ0n) is 11.5. The number of piperidine rings is 1. The minimum Gasteiger partial charge on any atom is -0.356 e. The third kappa shape index (κ3) is 2.94. The predicted molar refractivity (Wildman–Crippen MR) is 69.2 cm³/mol. The molecule has 2 rings (SSSR count). The molecule has 0 radical (unpaired) electrons. The van der Waals surface area contributed by atoms with Crippen molar-refractivity contribution in [3.05, 3.63) is 0 Å². The summed E-state index contributed by atoms with van der Waals surface area (Å²) >= 11 is 0. The molecule has 0 aromatic rings. The maximum absolute atomic E-state index is 12.0. The molecule has 2 saturated heterocycles. The van der Waals surface area contributed by atoms with Crippen molar-refractivity contribution in [2.24, 2.45) is 5.41 Å². The van der Waals surface area contributed by atoms with Gasteiger partial charge in [-0.15, -0.1) is 0 Å². The van der Waals surface area contributed by atoms with Gasteiger partial charge in [0.1, 0.15) is 0 Å². The van der Waals surface area contributed by atoms with Crippen LogP contribution >= 0.6 is 0 Å². The average Bonchev–Trinajstić information content (AvgIpc) is 2.58. The highest BCUT2D eigenvalue weighted by molar-refractivity contribution is 5.79. The van der Waals surface area contributed by atoms with Crippen molar-refractivity contribution in [1.82, 2.24) is 15.5 Å². The van der Waals surface area contributed by atoms with Crippen LogP contribution in [0.25, 0.3) is 0 Å². The molecular formula is C13H23N3O2. The van der Waals surface area contributed by atoms with Gasteiger partial charge in [0.2, 0.25) is 5.91 Å². The Morgan fingerprint density at radius 3 is 2.39 bits per heavy atom. The molecule has 1 spiro atoms. The molecular weight excluding hydrogens is 230 g/mol. The van der Waals surface area contributed by atoms with Gasteiger partial charge in [-0.3, -0.25) is 4.79 Å². The standard InChI is InChI=1S/C13H23N3O2/c1-12(2,3)15-11(18)16-6-4-13(5-7-16)8-10(17)14-9-13/h4-9H2,1-3H3,(H,14,17)(H,15,18). The fraction of sp³-hybridized carbons (Fsp3) is 0.846. The maximum atomic E-state index is 12.0. The largest absolute Gasteiger partial charge is 0.356 e.